The molecule has 6 heteroatoms. The zero-order valence-electron chi connectivity index (χ0n) is 13.3. The third-order valence-electron chi connectivity index (χ3n) is 4.33. The van der Waals surface area contributed by atoms with Gasteiger partial charge in [0.05, 0.1) is 10.9 Å². The fraction of sp³-hybridized carbons (Fsp3) is 0.471. The van der Waals surface area contributed by atoms with Gasteiger partial charge in [-0.3, -0.25) is 18.7 Å². The Morgan fingerprint density at radius 1 is 1.09 bits per heavy atom. The van der Waals surface area contributed by atoms with E-state index in [2.05, 4.69) is 0 Å². The van der Waals surface area contributed by atoms with Gasteiger partial charge in [-0.15, -0.1) is 0 Å². The van der Waals surface area contributed by atoms with Crippen molar-refractivity contribution in [2.75, 3.05) is 13.1 Å². The van der Waals surface area contributed by atoms with Gasteiger partial charge in [-0.1, -0.05) is 19.1 Å². The average Bonchev–Trinajstić information content (AvgIpc) is 3.10. The third kappa shape index (κ3) is 2.81. The van der Waals surface area contributed by atoms with E-state index in [0.29, 0.717) is 23.9 Å². The lowest BCUT2D eigenvalue weighted by molar-refractivity contribution is -0.130. The molecule has 1 fully saturated rings. The number of aromatic nitrogens is 2. The lowest BCUT2D eigenvalue weighted by Crippen LogP contribution is -2.43. The molecule has 1 aliphatic rings. The molecule has 1 aromatic carbocycles. The number of hydrogen-bond donors (Lipinski definition) is 0. The molecule has 0 radical (unpaired) electrons. The number of para-hydroxylation sites is 1. The normalized spacial score (nSPS) is 14.6. The zero-order chi connectivity index (χ0) is 16.4. The summed E-state index contributed by atoms with van der Waals surface area (Å²) in [7, 11) is 0. The first kappa shape index (κ1) is 15.5. The van der Waals surface area contributed by atoms with E-state index < -0.39 is 5.69 Å². The van der Waals surface area contributed by atoms with Crippen LogP contribution >= 0.6 is 0 Å². The highest BCUT2D eigenvalue weighted by Crippen LogP contribution is 2.11. The van der Waals surface area contributed by atoms with Crippen LogP contribution < -0.4 is 11.2 Å². The second kappa shape index (κ2) is 6.40. The van der Waals surface area contributed by atoms with Crippen LogP contribution in [0.4, 0.5) is 0 Å². The number of carbonyl (C=O) groups excluding carboxylic acids is 1. The average molecular weight is 315 g/mol. The second-order valence-corrected chi connectivity index (χ2v) is 5.93. The van der Waals surface area contributed by atoms with Crippen molar-refractivity contribution < 1.29 is 4.79 Å². The van der Waals surface area contributed by atoms with Crippen molar-refractivity contribution in [2.24, 2.45) is 0 Å². The summed E-state index contributed by atoms with van der Waals surface area (Å²) in [4.78, 5) is 39.4. The highest BCUT2D eigenvalue weighted by atomic mass is 16.2. The van der Waals surface area contributed by atoms with E-state index in [1.54, 1.807) is 29.2 Å². The van der Waals surface area contributed by atoms with E-state index in [-0.39, 0.29) is 18.0 Å². The van der Waals surface area contributed by atoms with Crippen molar-refractivity contribution in [1.29, 1.82) is 0 Å². The largest absolute Gasteiger partial charge is 0.341 e. The summed E-state index contributed by atoms with van der Waals surface area (Å²) >= 11 is 0. The van der Waals surface area contributed by atoms with Gasteiger partial charge in [0.1, 0.15) is 6.54 Å². The Kier molecular flexibility index (Phi) is 4.32. The maximum atomic E-state index is 12.7. The summed E-state index contributed by atoms with van der Waals surface area (Å²) in [5.41, 5.74) is -0.150. The van der Waals surface area contributed by atoms with E-state index >= 15 is 0 Å². The smallest absolute Gasteiger partial charge is 0.331 e. The highest BCUT2D eigenvalue weighted by molar-refractivity contribution is 5.81. The SMILES string of the molecule is CCCn1c(=O)c2ccccc2n(CC(=O)N2CCCC2)c1=O. The number of nitrogens with zero attached hydrogens (tertiary/aromatic N) is 3. The molecule has 23 heavy (non-hydrogen) atoms. The first-order chi connectivity index (χ1) is 11.1. The Balaban J connectivity index is 2.12. The molecule has 2 heterocycles. The molecule has 0 N–H and O–H groups in total. The fourth-order valence-corrected chi connectivity index (χ4v) is 3.15. The Morgan fingerprint density at radius 2 is 1.78 bits per heavy atom. The van der Waals surface area contributed by atoms with E-state index in [1.807, 2.05) is 6.92 Å². The van der Waals surface area contributed by atoms with Crippen LogP contribution in [-0.4, -0.2) is 33.0 Å². The van der Waals surface area contributed by atoms with Gasteiger partial charge >= 0.3 is 5.69 Å². The van der Waals surface area contributed by atoms with Crippen LogP contribution in [0.15, 0.2) is 33.9 Å². The molecule has 0 bridgehead atoms. The summed E-state index contributed by atoms with van der Waals surface area (Å²) in [6.07, 6.45) is 2.71. The monoisotopic (exact) mass is 315 g/mol. The number of benzene rings is 1. The van der Waals surface area contributed by atoms with Gasteiger partial charge in [-0.05, 0) is 31.4 Å². The van der Waals surface area contributed by atoms with Crippen LogP contribution in [-0.2, 0) is 17.9 Å². The van der Waals surface area contributed by atoms with Crippen LogP contribution in [0, 0.1) is 0 Å². The van der Waals surface area contributed by atoms with Gasteiger partial charge in [0.2, 0.25) is 5.91 Å². The summed E-state index contributed by atoms with van der Waals surface area (Å²) in [6, 6.07) is 6.99. The van der Waals surface area contributed by atoms with Crippen molar-refractivity contribution in [3.05, 3.63) is 45.1 Å². The lowest BCUT2D eigenvalue weighted by Gasteiger charge is -2.18. The van der Waals surface area contributed by atoms with Crippen LogP contribution in [0.1, 0.15) is 26.2 Å². The molecule has 0 saturated carbocycles. The Bertz CT molecular complexity index is 844. The van der Waals surface area contributed by atoms with Gasteiger partial charge in [0.25, 0.3) is 5.56 Å². The minimum Gasteiger partial charge on any atom is -0.341 e. The molecule has 0 atom stereocenters. The van der Waals surface area contributed by atoms with Crippen molar-refractivity contribution in [3.63, 3.8) is 0 Å². The standard InChI is InChI=1S/C17H21N3O3/c1-2-9-19-16(22)13-7-3-4-8-14(13)20(17(19)23)12-15(21)18-10-5-6-11-18/h3-4,7-8H,2,5-6,9-12H2,1H3. The van der Waals surface area contributed by atoms with Crippen LogP contribution in [0.2, 0.25) is 0 Å². The van der Waals surface area contributed by atoms with Gasteiger partial charge < -0.3 is 4.90 Å². The maximum absolute atomic E-state index is 12.7. The Hall–Kier alpha value is -2.37. The Labute approximate surface area is 133 Å². The molecule has 1 aliphatic heterocycles. The van der Waals surface area contributed by atoms with Crippen molar-refractivity contribution in [3.8, 4) is 0 Å². The van der Waals surface area contributed by atoms with Gasteiger partial charge in [0.15, 0.2) is 0 Å². The quantitative estimate of drug-likeness (QED) is 0.851. The number of amides is 1. The van der Waals surface area contributed by atoms with Crippen molar-refractivity contribution in [2.45, 2.75) is 39.3 Å². The van der Waals surface area contributed by atoms with Crippen molar-refractivity contribution in [1.82, 2.24) is 14.0 Å². The zero-order valence-corrected chi connectivity index (χ0v) is 13.3. The summed E-state index contributed by atoms with van der Waals surface area (Å²) in [6.45, 7) is 3.77. The predicted octanol–water partition coefficient (Wildman–Crippen LogP) is 1.20. The predicted molar refractivity (Wildman–Crippen MR) is 88.6 cm³/mol. The second-order valence-electron chi connectivity index (χ2n) is 5.93. The van der Waals surface area contributed by atoms with Crippen LogP contribution in [0.3, 0.4) is 0 Å². The molecule has 122 valence electrons. The number of likely N-dealkylation sites (tertiary alicyclic amines) is 1. The molecule has 0 unspecified atom stereocenters. The summed E-state index contributed by atoms with van der Waals surface area (Å²) in [5.74, 6) is -0.0588. The van der Waals surface area contributed by atoms with Crippen LogP contribution in [0.25, 0.3) is 10.9 Å². The molecule has 0 aliphatic carbocycles. The molecule has 3 rings (SSSR count). The first-order valence-corrected chi connectivity index (χ1v) is 8.13. The minimum atomic E-state index is -0.400. The fourth-order valence-electron chi connectivity index (χ4n) is 3.15. The van der Waals surface area contributed by atoms with E-state index in [4.69, 9.17) is 0 Å². The highest BCUT2D eigenvalue weighted by Gasteiger charge is 2.20. The minimum absolute atomic E-state index is 0.0106. The maximum Gasteiger partial charge on any atom is 0.331 e. The van der Waals surface area contributed by atoms with Gasteiger partial charge in [0, 0.05) is 19.6 Å². The molecule has 2 aromatic rings. The third-order valence-corrected chi connectivity index (χ3v) is 4.33. The van der Waals surface area contributed by atoms with E-state index in [9.17, 15) is 14.4 Å². The molecule has 0 spiro atoms. The molecule has 1 amide bonds. The topological polar surface area (TPSA) is 64.3 Å². The molecule has 6 nitrogen and oxygen atoms in total. The van der Waals surface area contributed by atoms with Gasteiger partial charge in [-0.2, -0.15) is 0 Å². The molecule has 1 saturated heterocycles. The summed E-state index contributed by atoms with van der Waals surface area (Å²) in [5, 5.41) is 0.481. The summed E-state index contributed by atoms with van der Waals surface area (Å²) < 4.78 is 2.67. The Morgan fingerprint density at radius 3 is 2.48 bits per heavy atom. The number of hydrogen-bond acceptors (Lipinski definition) is 3. The van der Waals surface area contributed by atoms with Gasteiger partial charge in [-0.25, -0.2) is 4.79 Å². The first-order valence-electron chi connectivity index (χ1n) is 8.13. The molecule has 1 aromatic heterocycles. The number of carbonyl (C=O) groups is 1. The molecular formula is C17H21N3O3. The van der Waals surface area contributed by atoms with E-state index in [1.165, 1.54) is 9.13 Å². The number of rotatable bonds is 4. The number of fused-ring (bicyclic) bond motifs is 1. The lowest BCUT2D eigenvalue weighted by atomic mass is 10.2. The van der Waals surface area contributed by atoms with E-state index in [0.717, 1.165) is 25.9 Å². The molecular weight excluding hydrogens is 294 g/mol. The van der Waals surface area contributed by atoms with Crippen LogP contribution in [0.5, 0.6) is 0 Å². The van der Waals surface area contributed by atoms with Crippen molar-refractivity contribution >= 4 is 16.8 Å².